The molecule has 0 saturated heterocycles. The molecule has 2 heterocycles. The maximum Gasteiger partial charge on any atom is 0.256 e. The lowest BCUT2D eigenvalue weighted by atomic mass is 10.1. The number of aromatic nitrogens is 4. The van der Waals surface area contributed by atoms with Gasteiger partial charge < -0.3 is 5.32 Å². The number of hydrogen-bond donors (Lipinski definition) is 1. The molecule has 1 amide bonds. The van der Waals surface area contributed by atoms with Crippen molar-refractivity contribution in [2.45, 2.75) is 13.1 Å². The molecule has 0 aliphatic carbocycles. The van der Waals surface area contributed by atoms with Gasteiger partial charge in [-0.1, -0.05) is 24.3 Å². The van der Waals surface area contributed by atoms with Gasteiger partial charge in [-0.3, -0.25) is 14.2 Å². The van der Waals surface area contributed by atoms with E-state index in [-0.39, 0.29) is 11.7 Å². The molecule has 4 aromatic rings. The van der Waals surface area contributed by atoms with Gasteiger partial charge in [0.25, 0.3) is 5.91 Å². The van der Waals surface area contributed by atoms with Crippen LogP contribution in [0.25, 0.3) is 0 Å². The van der Waals surface area contributed by atoms with Crippen molar-refractivity contribution in [2.75, 3.05) is 5.32 Å². The molecule has 4 rings (SSSR count). The Morgan fingerprint density at radius 2 is 1.83 bits per heavy atom. The molecule has 0 spiro atoms. The Balaban J connectivity index is 1.37. The van der Waals surface area contributed by atoms with Crippen molar-refractivity contribution in [1.82, 2.24) is 19.6 Å². The smallest absolute Gasteiger partial charge is 0.256 e. The molecule has 29 heavy (non-hydrogen) atoms. The zero-order valence-electron chi connectivity index (χ0n) is 15.3. The van der Waals surface area contributed by atoms with Crippen molar-refractivity contribution < 1.29 is 9.18 Å². The predicted octanol–water partition coefficient (Wildman–Crippen LogP) is 4.33. The monoisotopic (exact) mass is 453 g/mol. The van der Waals surface area contributed by atoms with Crippen LogP contribution in [0.5, 0.6) is 0 Å². The van der Waals surface area contributed by atoms with E-state index in [1.54, 1.807) is 41.3 Å². The maximum atomic E-state index is 13.3. The molecule has 1 N–H and O–H groups in total. The largest absolute Gasteiger partial charge is 0.305 e. The summed E-state index contributed by atoms with van der Waals surface area (Å²) in [4.78, 5) is 12.5. The Hall–Kier alpha value is -3.26. The summed E-state index contributed by atoms with van der Waals surface area (Å²) in [7, 11) is 0. The van der Waals surface area contributed by atoms with Crippen molar-refractivity contribution in [3.63, 3.8) is 0 Å². The van der Waals surface area contributed by atoms with Gasteiger partial charge in [0.15, 0.2) is 5.82 Å². The molecule has 146 valence electrons. The minimum absolute atomic E-state index is 0.241. The van der Waals surface area contributed by atoms with Gasteiger partial charge >= 0.3 is 0 Å². The topological polar surface area (TPSA) is 64.7 Å². The standard InChI is InChI=1S/C21H17BrFN5O/c22-18-11-24-28(14-18)12-15-4-6-17(7-5-15)21(29)25-20-8-9-27(26-20)13-16-2-1-3-19(23)10-16/h1-11,14H,12-13H2,(H,25,26,29). The van der Waals surface area contributed by atoms with Gasteiger partial charge in [-0.25, -0.2) is 4.39 Å². The lowest BCUT2D eigenvalue weighted by molar-refractivity contribution is 0.102. The number of hydrogen-bond acceptors (Lipinski definition) is 3. The molecule has 0 unspecified atom stereocenters. The van der Waals surface area contributed by atoms with Gasteiger partial charge in [-0.2, -0.15) is 10.2 Å². The molecule has 0 saturated carbocycles. The van der Waals surface area contributed by atoms with Crippen LogP contribution in [0.15, 0.2) is 77.7 Å². The molecular formula is C21H17BrFN5O. The van der Waals surface area contributed by atoms with Crippen molar-refractivity contribution in [1.29, 1.82) is 0 Å². The normalized spacial score (nSPS) is 10.8. The van der Waals surface area contributed by atoms with Crippen LogP contribution in [0.4, 0.5) is 10.2 Å². The third-order valence-corrected chi connectivity index (χ3v) is 4.69. The molecular weight excluding hydrogens is 437 g/mol. The second-order valence-corrected chi connectivity index (χ2v) is 7.45. The third-order valence-electron chi connectivity index (χ3n) is 4.28. The number of anilines is 1. The fourth-order valence-electron chi connectivity index (χ4n) is 2.90. The van der Waals surface area contributed by atoms with Crippen LogP contribution >= 0.6 is 15.9 Å². The van der Waals surface area contributed by atoms with Crippen LogP contribution in [0.3, 0.4) is 0 Å². The highest BCUT2D eigenvalue weighted by Gasteiger charge is 2.09. The van der Waals surface area contributed by atoms with Gasteiger partial charge in [0.2, 0.25) is 0 Å². The zero-order valence-corrected chi connectivity index (χ0v) is 16.9. The highest BCUT2D eigenvalue weighted by atomic mass is 79.9. The van der Waals surface area contributed by atoms with Crippen molar-refractivity contribution in [2.24, 2.45) is 0 Å². The highest BCUT2D eigenvalue weighted by Crippen LogP contribution is 2.12. The highest BCUT2D eigenvalue weighted by molar-refractivity contribution is 9.10. The van der Waals surface area contributed by atoms with Gasteiger partial charge in [0.05, 0.1) is 23.8 Å². The molecule has 0 radical (unpaired) electrons. The number of carbonyl (C=O) groups excluding carboxylic acids is 1. The first-order chi connectivity index (χ1) is 14.0. The second kappa shape index (κ2) is 8.40. The number of amides is 1. The Kier molecular flexibility index (Phi) is 5.53. The predicted molar refractivity (Wildman–Crippen MR) is 111 cm³/mol. The first-order valence-electron chi connectivity index (χ1n) is 8.91. The lowest BCUT2D eigenvalue weighted by Crippen LogP contribution is -2.13. The summed E-state index contributed by atoms with van der Waals surface area (Å²) < 4.78 is 17.7. The second-order valence-electron chi connectivity index (χ2n) is 6.54. The first kappa shape index (κ1) is 19.1. The Labute approximate surface area is 175 Å². The maximum absolute atomic E-state index is 13.3. The van der Waals surface area contributed by atoms with E-state index in [0.717, 1.165) is 15.6 Å². The van der Waals surface area contributed by atoms with E-state index in [2.05, 4.69) is 31.4 Å². The minimum atomic E-state index is -0.285. The molecule has 2 aromatic heterocycles. The van der Waals surface area contributed by atoms with Gasteiger partial charge in [-0.15, -0.1) is 0 Å². The summed E-state index contributed by atoms with van der Waals surface area (Å²) in [6.07, 6.45) is 5.36. The first-order valence-corrected chi connectivity index (χ1v) is 9.70. The Morgan fingerprint density at radius 1 is 1.03 bits per heavy atom. The molecule has 6 nitrogen and oxygen atoms in total. The van der Waals surface area contributed by atoms with E-state index < -0.39 is 0 Å². The van der Waals surface area contributed by atoms with Gasteiger partial charge in [0, 0.05) is 24.0 Å². The van der Waals surface area contributed by atoms with Crippen LogP contribution in [0.1, 0.15) is 21.5 Å². The van der Waals surface area contributed by atoms with Gasteiger partial charge in [-0.05, 0) is 51.3 Å². The number of benzene rings is 2. The van der Waals surface area contributed by atoms with Crippen LogP contribution < -0.4 is 5.32 Å². The minimum Gasteiger partial charge on any atom is -0.305 e. The molecule has 2 aromatic carbocycles. The Morgan fingerprint density at radius 3 is 2.55 bits per heavy atom. The molecule has 0 bridgehead atoms. The van der Waals surface area contributed by atoms with Crippen molar-refractivity contribution in [3.05, 3.63) is 100 Å². The number of halogens is 2. The number of nitrogens with one attached hydrogen (secondary N) is 1. The van der Waals surface area contributed by atoms with E-state index in [1.165, 1.54) is 12.1 Å². The van der Waals surface area contributed by atoms with Crippen LogP contribution in [0.2, 0.25) is 0 Å². The third kappa shape index (κ3) is 4.97. The summed E-state index contributed by atoms with van der Waals surface area (Å²) in [5.41, 5.74) is 2.37. The summed E-state index contributed by atoms with van der Waals surface area (Å²) in [5.74, 6) is -0.0851. The quantitative estimate of drug-likeness (QED) is 0.472. The summed E-state index contributed by atoms with van der Waals surface area (Å²) in [5, 5.41) is 11.3. The van der Waals surface area contributed by atoms with E-state index in [4.69, 9.17) is 0 Å². The zero-order chi connectivity index (χ0) is 20.2. The van der Waals surface area contributed by atoms with Crippen molar-refractivity contribution in [3.8, 4) is 0 Å². The SMILES string of the molecule is O=C(Nc1ccn(Cc2cccc(F)c2)n1)c1ccc(Cn2cc(Br)cn2)cc1. The fraction of sp³-hybridized carbons (Fsp3) is 0.0952. The average molecular weight is 454 g/mol. The number of carbonyl (C=O) groups is 1. The van der Waals surface area contributed by atoms with Gasteiger partial charge in [0.1, 0.15) is 5.82 Å². The van der Waals surface area contributed by atoms with E-state index >= 15 is 0 Å². The number of nitrogens with zero attached hydrogens (tertiary/aromatic N) is 4. The van der Waals surface area contributed by atoms with Crippen LogP contribution in [-0.2, 0) is 13.1 Å². The van der Waals surface area contributed by atoms with E-state index in [0.29, 0.717) is 24.5 Å². The summed E-state index contributed by atoms with van der Waals surface area (Å²) >= 11 is 3.37. The summed E-state index contributed by atoms with van der Waals surface area (Å²) in [6.45, 7) is 1.05. The lowest BCUT2D eigenvalue weighted by Gasteiger charge is -2.05. The fourth-order valence-corrected chi connectivity index (χ4v) is 3.23. The van der Waals surface area contributed by atoms with Crippen molar-refractivity contribution >= 4 is 27.7 Å². The molecule has 0 aliphatic heterocycles. The van der Waals surface area contributed by atoms with Crippen LogP contribution in [0, 0.1) is 5.82 Å². The number of rotatable bonds is 6. The summed E-state index contributed by atoms with van der Waals surface area (Å²) in [6, 6.07) is 15.4. The molecule has 8 heteroatoms. The van der Waals surface area contributed by atoms with E-state index in [9.17, 15) is 9.18 Å². The average Bonchev–Trinajstić information content (AvgIpc) is 3.31. The Bertz CT molecular complexity index is 1140. The molecule has 0 fully saturated rings. The van der Waals surface area contributed by atoms with Crippen LogP contribution in [-0.4, -0.2) is 25.5 Å². The molecule has 0 atom stereocenters. The van der Waals surface area contributed by atoms with E-state index in [1.807, 2.05) is 29.1 Å². The molecule has 0 aliphatic rings.